The van der Waals surface area contributed by atoms with Gasteiger partial charge in [0.1, 0.15) is 12.0 Å². The molecular formula is C26H33FN6O3. The second kappa shape index (κ2) is 9.24. The summed E-state index contributed by atoms with van der Waals surface area (Å²) < 4.78 is 28.4. The van der Waals surface area contributed by atoms with Crippen LogP contribution in [-0.2, 0) is 4.74 Å². The molecule has 5 heterocycles. The molecule has 1 aromatic carbocycles. The first-order valence-electron chi connectivity index (χ1n) is 12.7. The van der Waals surface area contributed by atoms with E-state index in [9.17, 15) is 5.11 Å². The average Bonchev–Trinajstić information content (AvgIpc) is 3.59. The maximum absolute atomic E-state index is 15.4. The van der Waals surface area contributed by atoms with E-state index in [0.29, 0.717) is 38.0 Å². The van der Waals surface area contributed by atoms with Crippen LogP contribution in [0.25, 0.3) is 16.7 Å². The highest BCUT2D eigenvalue weighted by molar-refractivity contribution is 5.82. The summed E-state index contributed by atoms with van der Waals surface area (Å²) in [5.41, 5.74) is 2.95. The largest absolute Gasteiger partial charge is 0.467 e. The molecule has 2 aromatic heterocycles. The van der Waals surface area contributed by atoms with Gasteiger partial charge < -0.3 is 19.5 Å². The molecule has 1 unspecified atom stereocenters. The standard InChI is InChI=1S/C26H33FN6O3/c1-15-6-17-10-28-33(23(17)8-21(15)20-4-5-31(11-16(2)34)13-22(20)27)25-9-24(29-26(30-25)35-3)32-12-19-7-18(32)14-36-19/h6,8-10,16,18-20,22,34H,4-5,7,11-14H2,1-3H3/t16?,18-,19-,20+,22+/m0/s1. The summed E-state index contributed by atoms with van der Waals surface area (Å²) in [5, 5.41) is 15.3. The Labute approximate surface area is 209 Å². The zero-order valence-corrected chi connectivity index (χ0v) is 21.0. The molecule has 0 saturated carbocycles. The van der Waals surface area contributed by atoms with E-state index in [1.165, 1.54) is 0 Å². The lowest BCUT2D eigenvalue weighted by Gasteiger charge is -2.36. The number of hydrogen-bond acceptors (Lipinski definition) is 8. The van der Waals surface area contributed by atoms with Crippen molar-refractivity contribution in [1.29, 1.82) is 0 Å². The number of halogens is 1. The van der Waals surface area contributed by atoms with Crippen molar-refractivity contribution < 1.29 is 19.0 Å². The number of likely N-dealkylation sites (tertiary alicyclic amines) is 1. The summed E-state index contributed by atoms with van der Waals surface area (Å²) in [5.74, 6) is 1.23. The molecule has 3 fully saturated rings. The first-order chi connectivity index (χ1) is 17.4. The van der Waals surface area contributed by atoms with Crippen LogP contribution in [0, 0.1) is 6.92 Å². The lowest BCUT2D eigenvalue weighted by molar-refractivity contribution is 0.0709. The zero-order valence-electron chi connectivity index (χ0n) is 21.0. The number of benzene rings is 1. The zero-order chi connectivity index (χ0) is 25.0. The number of fused-ring (bicyclic) bond motifs is 3. The molecule has 0 radical (unpaired) electrons. The fraction of sp³-hybridized carbons (Fsp3) is 0.577. The number of rotatable bonds is 6. The highest BCUT2D eigenvalue weighted by Crippen LogP contribution is 2.36. The molecule has 3 saturated heterocycles. The van der Waals surface area contributed by atoms with Crippen molar-refractivity contribution in [3.8, 4) is 11.8 Å². The molecule has 5 atom stereocenters. The summed E-state index contributed by atoms with van der Waals surface area (Å²) in [7, 11) is 1.57. The fourth-order valence-electron chi connectivity index (χ4n) is 6.07. The Balaban J connectivity index is 1.35. The van der Waals surface area contributed by atoms with Crippen LogP contribution in [0.5, 0.6) is 6.01 Å². The van der Waals surface area contributed by atoms with Gasteiger partial charge in [-0.2, -0.15) is 15.1 Å². The smallest absolute Gasteiger partial charge is 0.320 e. The number of anilines is 1. The molecule has 0 aliphatic carbocycles. The second-order valence-corrected chi connectivity index (χ2v) is 10.4. The molecule has 2 bridgehead atoms. The van der Waals surface area contributed by atoms with Crippen LogP contribution >= 0.6 is 0 Å². The van der Waals surface area contributed by atoms with Crippen LogP contribution in [0.1, 0.15) is 36.8 Å². The van der Waals surface area contributed by atoms with Gasteiger partial charge in [-0.25, -0.2) is 9.07 Å². The topological polar surface area (TPSA) is 88.8 Å². The number of aromatic nitrogens is 4. The molecule has 3 aliphatic rings. The van der Waals surface area contributed by atoms with Crippen LogP contribution < -0.4 is 9.64 Å². The minimum atomic E-state index is -0.997. The van der Waals surface area contributed by atoms with E-state index in [-0.39, 0.29) is 18.0 Å². The van der Waals surface area contributed by atoms with E-state index in [0.717, 1.165) is 47.4 Å². The second-order valence-electron chi connectivity index (χ2n) is 10.4. The summed E-state index contributed by atoms with van der Waals surface area (Å²) in [4.78, 5) is 13.5. The summed E-state index contributed by atoms with van der Waals surface area (Å²) in [6.45, 7) is 6.90. The van der Waals surface area contributed by atoms with Crippen molar-refractivity contribution in [2.45, 2.75) is 57.0 Å². The maximum Gasteiger partial charge on any atom is 0.320 e. The van der Waals surface area contributed by atoms with Gasteiger partial charge in [-0.1, -0.05) is 0 Å². The number of aliphatic hydroxyl groups excluding tert-OH is 1. The van der Waals surface area contributed by atoms with Gasteiger partial charge in [-0.05, 0) is 56.5 Å². The van der Waals surface area contributed by atoms with E-state index < -0.39 is 12.3 Å². The summed E-state index contributed by atoms with van der Waals surface area (Å²) in [6, 6.07) is 6.70. The number of alkyl halides is 1. The molecule has 3 aliphatic heterocycles. The molecule has 0 amide bonds. The van der Waals surface area contributed by atoms with E-state index >= 15 is 4.39 Å². The molecular weight excluding hydrogens is 463 g/mol. The van der Waals surface area contributed by atoms with E-state index in [1.54, 1.807) is 18.7 Å². The van der Waals surface area contributed by atoms with Gasteiger partial charge in [0.2, 0.25) is 0 Å². The predicted molar refractivity (Wildman–Crippen MR) is 134 cm³/mol. The fourth-order valence-corrected chi connectivity index (χ4v) is 6.07. The number of morpholine rings is 1. The van der Waals surface area contributed by atoms with Gasteiger partial charge in [-0.3, -0.25) is 4.90 Å². The molecule has 6 rings (SSSR count). The number of ether oxygens (including phenoxy) is 2. The Morgan fingerprint density at radius 1 is 1.22 bits per heavy atom. The maximum atomic E-state index is 15.4. The third-order valence-corrected chi connectivity index (χ3v) is 7.78. The van der Waals surface area contributed by atoms with Crippen LogP contribution in [0.3, 0.4) is 0 Å². The lowest BCUT2D eigenvalue weighted by Crippen LogP contribution is -2.43. The van der Waals surface area contributed by atoms with Crippen molar-refractivity contribution in [1.82, 2.24) is 24.6 Å². The predicted octanol–water partition coefficient (Wildman–Crippen LogP) is 2.62. The third-order valence-electron chi connectivity index (χ3n) is 7.78. The van der Waals surface area contributed by atoms with Crippen molar-refractivity contribution in [2.24, 2.45) is 0 Å². The Hall–Kier alpha value is -2.82. The van der Waals surface area contributed by atoms with Crippen molar-refractivity contribution in [3.63, 3.8) is 0 Å². The monoisotopic (exact) mass is 496 g/mol. The van der Waals surface area contributed by atoms with Crippen LogP contribution in [0.4, 0.5) is 10.2 Å². The Morgan fingerprint density at radius 3 is 2.75 bits per heavy atom. The SMILES string of the molecule is COc1nc(N2C[C@@H]3C[C@H]2CO3)cc(-n2ncc3cc(C)c([C@H]4CCN(CC(C)O)C[C@H]4F)cc32)n1. The van der Waals surface area contributed by atoms with E-state index in [4.69, 9.17) is 9.47 Å². The van der Waals surface area contributed by atoms with Crippen molar-refractivity contribution in [2.75, 3.05) is 44.8 Å². The molecule has 9 nitrogen and oxygen atoms in total. The first-order valence-corrected chi connectivity index (χ1v) is 12.7. The third kappa shape index (κ3) is 4.21. The van der Waals surface area contributed by atoms with Crippen LogP contribution in [0.15, 0.2) is 24.4 Å². The number of aryl methyl sites for hydroxylation is 1. The number of β-amino-alcohol motifs (C(OH)–C–C–N with tert-alkyl or cyclic N) is 1. The average molecular weight is 497 g/mol. The van der Waals surface area contributed by atoms with Gasteiger partial charge >= 0.3 is 6.01 Å². The van der Waals surface area contributed by atoms with E-state index in [1.807, 2.05) is 24.1 Å². The quantitative estimate of drug-likeness (QED) is 0.557. The number of aliphatic hydroxyl groups is 1. The number of nitrogens with zero attached hydrogens (tertiary/aromatic N) is 6. The molecule has 1 N–H and O–H groups in total. The molecule has 3 aromatic rings. The van der Waals surface area contributed by atoms with Crippen LogP contribution in [-0.4, -0.2) is 94.1 Å². The Kier molecular flexibility index (Phi) is 6.05. The minimum absolute atomic E-state index is 0.196. The van der Waals surface area contributed by atoms with Crippen molar-refractivity contribution in [3.05, 3.63) is 35.5 Å². The van der Waals surface area contributed by atoms with Gasteiger partial charge in [0.15, 0.2) is 5.82 Å². The van der Waals surface area contributed by atoms with Crippen molar-refractivity contribution >= 4 is 16.7 Å². The van der Waals surface area contributed by atoms with Gasteiger partial charge in [-0.15, -0.1) is 0 Å². The Bertz CT molecular complexity index is 1270. The lowest BCUT2D eigenvalue weighted by atomic mass is 9.85. The van der Waals surface area contributed by atoms with Gasteiger partial charge in [0, 0.05) is 37.0 Å². The Morgan fingerprint density at radius 2 is 2.06 bits per heavy atom. The molecule has 0 spiro atoms. The number of piperidine rings is 1. The molecule has 10 heteroatoms. The molecule has 36 heavy (non-hydrogen) atoms. The van der Waals surface area contributed by atoms with Crippen LogP contribution in [0.2, 0.25) is 0 Å². The number of methoxy groups -OCH3 is 1. The normalized spacial score (nSPS) is 27.2. The minimum Gasteiger partial charge on any atom is -0.467 e. The van der Waals surface area contributed by atoms with Gasteiger partial charge in [0.05, 0.1) is 43.7 Å². The van der Waals surface area contributed by atoms with Gasteiger partial charge in [0.25, 0.3) is 0 Å². The van der Waals surface area contributed by atoms with E-state index in [2.05, 4.69) is 32.1 Å². The first kappa shape index (κ1) is 23.6. The highest BCUT2D eigenvalue weighted by atomic mass is 19.1. The molecule has 192 valence electrons. The highest BCUT2D eigenvalue weighted by Gasteiger charge is 2.40. The summed E-state index contributed by atoms with van der Waals surface area (Å²) in [6.07, 6.45) is 2.33. The summed E-state index contributed by atoms with van der Waals surface area (Å²) >= 11 is 0. The number of hydrogen-bond donors (Lipinski definition) is 1.